The Kier molecular flexibility index (Phi) is 13.1. The molecule has 2 aliphatic carbocycles. The van der Waals surface area contributed by atoms with Gasteiger partial charge in [-0.05, 0) is 85.0 Å². The van der Waals surface area contributed by atoms with Gasteiger partial charge in [0, 0.05) is 24.2 Å². The Morgan fingerprint density at radius 1 is 0.685 bits per heavy atom. The van der Waals surface area contributed by atoms with Gasteiger partial charge in [-0.25, -0.2) is 0 Å². The molecular formula is C40H44Cl2N4O8. The number of nitrogens with one attached hydrogen (secondary N) is 2. The van der Waals surface area contributed by atoms with E-state index < -0.39 is 0 Å². The van der Waals surface area contributed by atoms with E-state index in [1.54, 1.807) is 26.0 Å². The molecule has 0 bridgehead atoms. The standard InChI is InChI=1S/C40H44Cl2N4O8/c1-5-51-35(47)21-43-19-23-17-31(41)39(45-37(23)49-3)53-33-15-13-27-25(9-7-11-29(27)33)26-10-8-12-30-28(26)14-16-34(30)54-40-32(42)18-24(38(46-40)50-4)20-44-22-36(48)52-6-2/h7-12,17-18,33-34,43-44H,5-6,13-16,19-22H2,1-4H3/t33-,34-/m0/s1. The Bertz CT molecular complexity index is 1850. The minimum atomic E-state index is -0.340. The summed E-state index contributed by atoms with van der Waals surface area (Å²) in [5.74, 6) is 0.625. The van der Waals surface area contributed by atoms with Gasteiger partial charge in [0.15, 0.2) is 0 Å². The van der Waals surface area contributed by atoms with Crippen molar-refractivity contribution in [1.82, 2.24) is 20.6 Å². The van der Waals surface area contributed by atoms with E-state index in [4.69, 9.17) is 51.6 Å². The summed E-state index contributed by atoms with van der Waals surface area (Å²) < 4.78 is 34.0. The fourth-order valence-corrected chi connectivity index (χ4v) is 7.47. The lowest BCUT2D eigenvalue weighted by atomic mass is 9.91. The molecule has 0 amide bonds. The van der Waals surface area contributed by atoms with Crippen molar-refractivity contribution >= 4 is 35.1 Å². The van der Waals surface area contributed by atoms with Crippen LogP contribution in [0, 0.1) is 0 Å². The van der Waals surface area contributed by atoms with E-state index in [1.807, 2.05) is 0 Å². The number of carbonyl (C=O) groups is 2. The summed E-state index contributed by atoms with van der Waals surface area (Å²) in [4.78, 5) is 32.7. The van der Waals surface area contributed by atoms with Crippen LogP contribution in [0.15, 0.2) is 48.5 Å². The van der Waals surface area contributed by atoms with Crippen molar-refractivity contribution in [2.24, 2.45) is 0 Å². The lowest BCUT2D eigenvalue weighted by Crippen LogP contribution is -2.24. The minimum absolute atomic E-state index is 0.0565. The largest absolute Gasteiger partial charge is 0.481 e. The van der Waals surface area contributed by atoms with E-state index in [1.165, 1.54) is 25.3 Å². The third kappa shape index (κ3) is 8.84. The van der Waals surface area contributed by atoms with Gasteiger partial charge in [-0.1, -0.05) is 59.6 Å². The molecule has 0 spiro atoms. The number of fused-ring (bicyclic) bond motifs is 2. The second kappa shape index (κ2) is 18.1. The molecule has 2 atom stereocenters. The normalized spacial score (nSPS) is 15.7. The van der Waals surface area contributed by atoms with Crippen LogP contribution < -0.4 is 29.6 Å². The number of rotatable bonds is 17. The first-order valence-electron chi connectivity index (χ1n) is 18.0. The third-order valence-electron chi connectivity index (χ3n) is 9.36. The molecule has 0 fully saturated rings. The Balaban J connectivity index is 1.17. The molecule has 0 saturated carbocycles. The average Bonchev–Trinajstić information content (AvgIpc) is 3.77. The van der Waals surface area contributed by atoms with Gasteiger partial charge in [-0.2, -0.15) is 9.97 Å². The van der Waals surface area contributed by atoms with Gasteiger partial charge in [0.1, 0.15) is 22.3 Å². The van der Waals surface area contributed by atoms with Crippen molar-refractivity contribution in [3.05, 3.63) is 92.0 Å². The average molecular weight is 780 g/mol. The summed E-state index contributed by atoms with van der Waals surface area (Å²) in [5, 5.41) is 6.79. The van der Waals surface area contributed by atoms with E-state index in [0.29, 0.717) is 59.2 Å². The van der Waals surface area contributed by atoms with Gasteiger partial charge < -0.3 is 39.1 Å². The van der Waals surface area contributed by atoms with Crippen LogP contribution >= 0.6 is 23.2 Å². The summed E-state index contributed by atoms with van der Waals surface area (Å²) in [7, 11) is 3.07. The lowest BCUT2D eigenvalue weighted by Gasteiger charge is -2.19. The van der Waals surface area contributed by atoms with E-state index in [0.717, 1.165) is 47.9 Å². The zero-order chi connectivity index (χ0) is 38.2. The number of nitrogens with zero attached hydrogens (tertiary/aromatic N) is 2. The van der Waals surface area contributed by atoms with Crippen LogP contribution in [0.5, 0.6) is 23.5 Å². The molecule has 0 saturated heterocycles. The molecule has 2 N–H and O–H groups in total. The van der Waals surface area contributed by atoms with Crippen molar-refractivity contribution in [3.63, 3.8) is 0 Å². The maximum Gasteiger partial charge on any atom is 0.319 e. The fourth-order valence-electron chi connectivity index (χ4n) is 7.03. The monoisotopic (exact) mass is 778 g/mol. The van der Waals surface area contributed by atoms with E-state index >= 15 is 0 Å². The second-order valence-electron chi connectivity index (χ2n) is 12.7. The van der Waals surface area contributed by atoms with Crippen LogP contribution in [0.2, 0.25) is 10.0 Å². The van der Waals surface area contributed by atoms with Crippen molar-refractivity contribution in [2.75, 3.05) is 40.5 Å². The number of hydrogen-bond acceptors (Lipinski definition) is 12. The van der Waals surface area contributed by atoms with Crippen molar-refractivity contribution in [1.29, 1.82) is 0 Å². The van der Waals surface area contributed by atoms with Gasteiger partial charge in [0.2, 0.25) is 23.5 Å². The number of aromatic nitrogens is 2. The number of pyridine rings is 2. The van der Waals surface area contributed by atoms with Crippen LogP contribution in [-0.4, -0.2) is 62.4 Å². The number of hydrogen-bond donors (Lipinski definition) is 2. The predicted octanol–water partition coefficient (Wildman–Crippen LogP) is 6.91. The molecular weight excluding hydrogens is 735 g/mol. The number of benzene rings is 2. The molecule has 286 valence electrons. The topological polar surface area (TPSA) is 139 Å². The van der Waals surface area contributed by atoms with Gasteiger partial charge in [-0.15, -0.1) is 0 Å². The number of methoxy groups -OCH3 is 2. The van der Waals surface area contributed by atoms with Gasteiger partial charge >= 0.3 is 11.9 Å². The predicted molar refractivity (Wildman–Crippen MR) is 204 cm³/mol. The molecule has 4 aromatic rings. The zero-order valence-corrected chi connectivity index (χ0v) is 32.3. The maximum absolute atomic E-state index is 11.7. The maximum atomic E-state index is 11.7. The van der Waals surface area contributed by atoms with E-state index in [-0.39, 0.29) is 49.0 Å². The molecule has 2 aromatic carbocycles. The zero-order valence-electron chi connectivity index (χ0n) is 30.8. The summed E-state index contributed by atoms with van der Waals surface area (Å²) in [6, 6.07) is 16.1. The number of ether oxygens (including phenoxy) is 6. The molecule has 2 aliphatic rings. The molecule has 14 heteroatoms. The highest BCUT2D eigenvalue weighted by Crippen LogP contribution is 2.46. The molecule has 0 unspecified atom stereocenters. The van der Waals surface area contributed by atoms with Crippen LogP contribution in [0.3, 0.4) is 0 Å². The molecule has 6 rings (SSSR count). The quantitative estimate of drug-likeness (QED) is 0.108. The molecule has 54 heavy (non-hydrogen) atoms. The Morgan fingerprint density at radius 2 is 1.11 bits per heavy atom. The molecule has 2 aromatic heterocycles. The van der Waals surface area contributed by atoms with Crippen molar-refractivity contribution < 1.29 is 38.0 Å². The summed E-state index contributed by atoms with van der Waals surface area (Å²) >= 11 is 13.4. The summed E-state index contributed by atoms with van der Waals surface area (Å²) in [6.45, 7) is 4.92. The first-order valence-corrected chi connectivity index (χ1v) is 18.8. The summed E-state index contributed by atoms with van der Waals surface area (Å²) in [6.07, 6.45) is 2.67. The van der Waals surface area contributed by atoms with E-state index in [2.05, 4.69) is 57.0 Å². The first-order chi connectivity index (χ1) is 26.2. The minimum Gasteiger partial charge on any atom is -0.481 e. The Morgan fingerprint density at radius 3 is 1.50 bits per heavy atom. The molecule has 12 nitrogen and oxygen atoms in total. The van der Waals surface area contributed by atoms with Crippen LogP contribution in [-0.2, 0) is 45.0 Å². The van der Waals surface area contributed by atoms with Gasteiger partial charge in [-0.3, -0.25) is 9.59 Å². The van der Waals surface area contributed by atoms with Gasteiger partial charge in [0.05, 0.1) is 40.5 Å². The fraction of sp³-hybridized carbons (Fsp3) is 0.400. The highest BCUT2D eigenvalue weighted by Gasteiger charge is 2.32. The Hall–Kier alpha value is -4.62. The lowest BCUT2D eigenvalue weighted by molar-refractivity contribution is -0.142. The molecule has 0 radical (unpaired) electrons. The van der Waals surface area contributed by atoms with E-state index in [9.17, 15) is 9.59 Å². The third-order valence-corrected chi connectivity index (χ3v) is 9.90. The second-order valence-corrected chi connectivity index (χ2v) is 13.6. The van der Waals surface area contributed by atoms with Crippen molar-refractivity contribution in [3.8, 4) is 34.6 Å². The van der Waals surface area contributed by atoms with Crippen LogP contribution in [0.25, 0.3) is 11.1 Å². The van der Waals surface area contributed by atoms with Crippen molar-refractivity contribution in [2.45, 2.75) is 64.8 Å². The first kappa shape index (κ1) is 39.1. The van der Waals surface area contributed by atoms with Crippen LogP contribution in [0.1, 0.15) is 72.3 Å². The summed E-state index contributed by atoms with van der Waals surface area (Å²) in [5.41, 5.74) is 8.35. The molecule has 2 heterocycles. The SMILES string of the molecule is CCOC(=O)CNCc1cc(Cl)c(O[C@H]2CCc3c(-c4cccc5c4CC[C@@H]5Oc4nc(OC)c(CNCC(=O)OCC)cc4Cl)cccc32)nc1OC. The van der Waals surface area contributed by atoms with Gasteiger partial charge in [0.25, 0.3) is 0 Å². The number of carbonyl (C=O) groups excluding carboxylic acids is 2. The molecule has 0 aliphatic heterocycles. The smallest absolute Gasteiger partial charge is 0.319 e. The highest BCUT2D eigenvalue weighted by molar-refractivity contribution is 6.32. The number of halogens is 2. The van der Waals surface area contributed by atoms with Crippen LogP contribution in [0.4, 0.5) is 0 Å². The highest BCUT2D eigenvalue weighted by atomic mass is 35.5. The Labute approximate surface area is 324 Å². The number of esters is 2.